The molecule has 0 saturated carbocycles. The fourth-order valence-electron chi connectivity index (χ4n) is 2.39. The molecule has 0 N–H and O–H groups in total. The highest BCUT2D eigenvalue weighted by molar-refractivity contribution is 5.88. The van der Waals surface area contributed by atoms with Gasteiger partial charge in [0, 0.05) is 12.1 Å². The van der Waals surface area contributed by atoms with Crippen LogP contribution >= 0.6 is 0 Å². The fourth-order valence-corrected chi connectivity index (χ4v) is 2.39. The van der Waals surface area contributed by atoms with Crippen molar-refractivity contribution in [3.8, 4) is 17.6 Å². The number of nitrogens with zero attached hydrogens (tertiary/aromatic N) is 5. The first-order valence-electron chi connectivity index (χ1n) is 7.85. The van der Waals surface area contributed by atoms with Crippen LogP contribution in [-0.4, -0.2) is 21.5 Å². The molecular weight excluding hydrogens is 398 g/mol. The lowest BCUT2D eigenvalue weighted by Crippen LogP contribution is -2.29. The molecule has 1 aromatic carbocycles. The van der Waals surface area contributed by atoms with E-state index in [1.165, 1.54) is 6.08 Å². The molecule has 0 spiro atoms. The maximum atomic E-state index is 13.6. The number of alkyl halides is 3. The third-order valence-corrected chi connectivity index (χ3v) is 3.63. The van der Waals surface area contributed by atoms with E-state index >= 15 is 0 Å². The first-order chi connectivity index (χ1) is 13.7. The number of hydrogen-bond acceptors (Lipinski definition) is 6. The van der Waals surface area contributed by atoms with Gasteiger partial charge < -0.3 is 4.74 Å². The third kappa shape index (κ3) is 4.52. The van der Waals surface area contributed by atoms with Crippen LogP contribution < -0.4 is 10.3 Å². The van der Waals surface area contributed by atoms with Gasteiger partial charge in [-0.1, -0.05) is 6.08 Å². The minimum absolute atomic E-state index is 0.213. The van der Waals surface area contributed by atoms with Gasteiger partial charge in [0.1, 0.15) is 17.6 Å². The smallest absolute Gasteiger partial charge is 0.437 e. The van der Waals surface area contributed by atoms with Crippen molar-refractivity contribution in [2.24, 2.45) is 10.2 Å². The summed E-state index contributed by atoms with van der Waals surface area (Å²) in [6.45, 7) is -0.264. The van der Waals surface area contributed by atoms with Gasteiger partial charge in [-0.05, 0) is 12.1 Å². The number of hydrogen-bond donors (Lipinski definition) is 0. The number of aromatic nitrogens is 2. The van der Waals surface area contributed by atoms with Crippen molar-refractivity contribution < 1.29 is 27.1 Å². The molecule has 0 radical (unpaired) electrons. The lowest BCUT2D eigenvalue weighted by Gasteiger charge is -2.16. The van der Waals surface area contributed by atoms with Crippen LogP contribution in [0.25, 0.3) is 0 Å². The Morgan fingerprint density at radius 2 is 2.00 bits per heavy atom. The van der Waals surface area contributed by atoms with Crippen molar-refractivity contribution in [1.82, 2.24) is 9.55 Å². The number of benzene rings is 1. The van der Waals surface area contributed by atoms with Gasteiger partial charge in [0.25, 0.3) is 11.5 Å². The Hall–Kier alpha value is -3.88. The fraction of sp³-hybridized carbons (Fsp3) is 0.176. The van der Waals surface area contributed by atoms with Crippen LogP contribution in [0.5, 0.6) is 11.5 Å². The van der Waals surface area contributed by atoms with Crippen LogP contribution in [0, 0.1) is 17.1 Å². The molecular formula is C17H9F4N5O3. The SMILES string of the molecule is N#Cc1cc(F)cc(Oc2c(C(F)(F)F)ncn(CC3C=CC(=O)N=N3)c2=O)c1. The Morgan fingerprint density at radius 3 is 2.62 bits per heavy atom. The van der Waals surface area contributed by atoms with Crippen LogP contribution in [0.2, 0.25) is 0 Å². The highest BCUT2D eigenvalue weighted by Crippen LogP contribution is 2.34. The summed E-state index contributed by atoms with van der Waals surface area (Å²) < 4.78 is 59.2. The monoisotopic (exact) mass is 407 g/mol. The summed E-state index contributed by atoms with van der Waals surface area (Å²) in [4.78, 5) is 26.8. The average molecular weight is 407 g/mol. The number of carbonyl (C=O) groups excluding carboxylic acids is 1. The molecule has 2 aromatic rings. The molecule has 1 aliphatic rings. The normalized spacial score (nSPS) is 16.0. The maximum Gasteiger partial charge on any atom is 0.437 e. The predicted molar refractivity (Wildman–Crippen MR) is 87.5 cm³/mol. The van der Waals surface area contributed by atoms with Crippen LogP contribution in [0.3, 0.4) is 0 Å². The van der Waals surface area contributed by atoms with Crippen molar-refractivity contribution >= 4 is 5.91 Å². The molecule has 29 heavy (non-hydrogen) atoms. The van der Waals surface area contributed by atoms with E-state index < -0.39 is 46.7 Å². The second kappa shape index (κ2) is 7.63. The molecule has 8 nitrogen and oxygen atoms in total. The van der Waals surface area contributed by atoms with E-state index in [1.54, 1.807) is 6.07 Å². The molecule has 0 bridgehead atoms. The Balaban J connectivity index is 2.04. The Bertz CT molecular complexity index is 1120. The summed E-state index contributed by atoms with van der Waals surface area (Å²) in [7, 11) is 0. The summed E-state index contributed by atoms with van der Waals surface area (Å²) >= 11 is 0. The molecule has 0 aliphatic carbocycles. The second-order valence-corrected chi connectivity index (χ2v) is 5.75. The molecule has 1 unspecified atom stereocenters. The van der Waals surface area contributed by atoms with Gasteiger partial charge in [-0.15, -0.1) is 5.11 Å². The molecule has 12 heteroatoms. The minimum atomic E-state index is -5.03. The molecule has 3 rings (SSSR count). The quantitative estimate of drug-likeness (QED) is 0.724. The van der Waals surface area contributed by atoms with E-state index in [2.05, 4.69) is 15.2 Å². The van der Waals surface area contributed by atoms with Crippen LogP contribution in [0.1, 0.15) is 11.3 Å². The van der Waals surface area contributed by atoms with Gasteiger partial charge in [-0.25, -0.2) is 9.37 Å². The predicted octanol–water partition coefficient (Wildman–Crippen LogP) is 2.98. The van der Waals surface area contributed by atoms with Crippen molar-refractivity contribution in [1.29, 1.82) is 5.26 Å². The second-order valence-electron chi connectivity index (χ2n) is 5.75. The lowest BCUT2D eigenvalue weighted by atomic mass is 10.2. The van der Waals surface area contributed by atoms with E-state index in [4.69, 9.17) is 10.00 Å². The summed E-state index contributed by atoms with van der Waals surface area (Å²) in [5.74, 6) is -3.22. The first kappa shape index (κ1) is 19.9. The Morgan fingerprint density at radius 1 is 1.24 bits per heavy atom. The minimum Gasteiger partial charge on any atom is -0.449 e. The number of carbonyl (C=O) groups is 1. The van der Waals surface area contributed by atoms with E-state index in [9.17, 15) is 27.2 Å². The topological polar surface area (TPSA) is 110 Å². The van der Waals surface area contributed by atoms with Crippen LogP contribution in [0.4, 0.5) is 17.6 Å². The van der Waals surface area contributed by atoms with E-state index in [0.29, 0.717) is 6.33 Å². The summed E-state index contributed by atoms with van der Waals surface area (Å²) in [6, 6.07) is 3.39. The number of azo groups is 1. The Kier molecular flexibility index (Phi) is 5.22. The molecule has 1 atom stereocenters. The van der Waals surface area contributed by atoms with Gasteiger partial charge in [0.05, 0.1) is 24.5 Å². The van der Waals surface area contributed by atoms with E-state index in [-0.39, 0.29) is 12.1 Å². The highest BCUT2D eigenvalue weighted by Gasteiger charge is 2.39. The van der Waals surface area contributed by atoms with Crippen molar-refractivity contribution in [2.75, 3.05) is 0 Å². The zero-order valence-electron chi connectivity index (χ0n) is 14.2. The summed E-state index contributed by atoms with van der Waals surface area (Å²) in [6.07, 6.45) is -1.94. The Labute approximate surface area is 159 Å². The third-order valence-electron chi connectivity index (χ3n) is 3.63. The summed E-state index contributed by atoms with van der Waals surface area (Å²) in [5.41, 5.74) is -3.04. The highest BCUT2D eigenvalue weighted by atomic mass is 19.4. The zero-order chi connectivity index (χ0) is 21.2. The van der Waals surface area contributed by atoms with Gasteiger partial charge in [-0.2, -0.15) is 23.5 Å². The standard InChI is InChI=1S/C17H9F4N5O3/c18-10-3-9(6-22)4-12(5-10)29-14-15(17(19,20)21)23-8-26(16(14)28)7-11-1-2-13(27)25-24-11/h1-5,8,11H,7H2. The molecule has 0 fully saturated rings. The number of halogens is 4. The molecule has 1 aromatic heterocycles. The molecule has 1 amide bonds. The number of rotatable bonds is 4. The van der Waals surface area contributed by atoms with E-state index in [1.807, 2.05) is 0 Å². The van der Waals surface area contributed by atoms with Gasteiger partial charge in [0.15, 0.2) is 5.69 Å². The number of amides is 1. The van der Waals surface area contributed by atoms with E-state index in [0.717, 1.165) is 28.8 Å². The number of ether oxygens (including phenoxy) is 1. The van der Waals surface area contributed by atoms with Gasteiger partial charge in [0.2, 0.25) is 5.75 Å². The molecule has 0 saturated heterocycles. The summed E-state index contributed by atoms with van der Waals surface area (Å²) in [5, 5.41) is 15.8. The molecule has 1 aliphatic heterocycles. The van der Waals surface area contributed by atoms with Gasteiger partial charge in [-0.3, -0.25) is 14.2 Å². The molecule has 2 heterocycles. The van der Waals surface area contributed by atoms with Gasteiger partial charge >= 0.3 is 6.18 Å². The van der Waals surface area contributed by atoms with Crippen molar-refractivity contribution in [2.45, 2.75) is 18.8 Å². The van der Waals surface area contributed by atoms with Crippen LogP contribution in [0.15, 0.2) is 51.7 Å². The maximum absolute atomic E-state index is 13.6. The van der Waals surface area contributed by atoms with Crippen molar-refractivity contribution in [3.63, 3.8) is 0 Å². The largest absolute Gasteiger partial charge is 0.449 e. The first-order valence-corrected chi connectivity index (χ1v) is 7.85. The molecule has 148 valence electrons. The average Bonchev–Trinajstić information content (AvgIpc) is 2.65. The lowest BCUT2D eigenvalue weighted by molar-refractivity contribution is -0.142. The van der Waals surface area contributed by atoms with Crippen molar-refractivity contribution in [3.05, 3.63) is 64.1 Å². The zero-order valence-corrected chi connectivity index (χ0v) is 14.2. The van der Waals surface area contributed by atoms with Crippen LogP contribution in [-0.2, 0) is 17.5 Å². The number of nitriles is 1.